The maximum atomic E-state index is 13.0. The Bertz CT molecular complexity index is 1080. The van der Waals surface area contributed by atoms with E-state index in [2.05, 4.69) is 9.88 Å². The molecule has 1 N–H and O–H groups in total. The summed E-state index contributed by atoms with van der Waals surface area (Å²) >= 11 is 1.39. The number of imidazole rings is 1. The number of aryl methyl sites for hydroxylation is 1. The van der Waals surface area contributed by atoms with Gasteiger partial charge in [0.05, 0.1) is 29.4 Å². The first-order valence-corrected chi connectivity index (χ1v) is 11.6. The van der Waals surface area contributed by atoms with Gasteiger partial charge < -0.3 is 19.5 Å². The molecule has 0 bridgehead atoms. The minimum absolute atomic E-state index is 0.0120. The molecule has 2 amide bonds. The first-order chi connectivity index (χ1) is 15.4. The number of nitrogens with one attached hydrogen (secondary N) is 1. The first-order valence-electron chi connectivity index (χ1n) is 10.7. The van der Waals surface area contributed by atoms with E-state index in [1.807, 2.05) is 62.4 Å². The van der Waals surface area contributed by atoms with Crippen molar-refractivity contribution < 1.29 is 14.3 Å². The second-order valence-electron chi connectivity index (χ2n) is 7.54. The fraction of sp³-hybridized carbons (Fsp3) is 0.375. The highest BCUT2D eigenvalue weighted by atomic mass is 32.2. The van der Waals surface area contributed by atoms with Crippen molar-refractivity contribution in [2.24, 2.45) is 0 Å². The Labute approximate surface area is 193 Å². The van der Waals surface area contributed by atoms with Crippen LogP contribution in [0.4, 0.5) is 5.69 Å². The molecule has 3 aromatic rings. The zero-order valence-corrected chi connectivity index (χ0v) is 19.8. The summed E-state index contributed by atoms with van der Waals surface area (Å²) < 4.78 is 7.31. The summed E-state index contributed by atoms with van der Waals surface area (Å²) in [5.41, 5.74) is 3.74. The number of ether oxygens (including phenoxy) is 1. The number of thioether (sulfide) groups is 1. The third-order valence-corrected chi connectivity index (χ3v) is 6.28. The van der Waals surface area contributed by atoms with Gasteiger partial charge in [-0.25, -0.2) is 4.98 Å². The molecular weight excluding hydrogens is 424 g/mol. The Hall–Kier alpha value is -2.84. The SMILES string of the molecule is CCc1ccccc1NC(=O)CN(C)C(=O)C(C)Sc1nc2ccccc2n1CCOC. The summed E-state index contributed by atoms with van der Waals surface area (Å²) in [6.07, 6.45) is 0.822. The Morgan fingerprint density at radius 2 is 1.91 bits per heavy atom. The monoisotopic (exact) mass is 454 g/mol. The quantitative estimate of drug-likeness (QED) is 0.471. The van der Waals surface area contributed by atoms with Crippen LogP contribution in [0.2, 0.25) is 0 Å². The molecule has 1 aromatic heterocycles. The number of para-hydroxylation sites is 3. The van der Waals surface area contributed by atoms with Crippen molar-refractivity contribution in [3.05, 3.63) is 54.1 Å². The van der Waals surface area contributed by atoms with Crippen molar-refractivity contribution in [1.29, 1.82) is 0 Å². The molecular formula is C24H30N4O3S. The lowest BCUT2D eigenvalue weighted by Crippen LogP contribution is -2.39. The minimum atomic E-state index is -0.395. The third-order valence-electron chi connectivity index (χ3n) is 5.20. The van der Waals surface area contributed by atoms with Crippen LogP contribution >= 0.6 is 11.8 Å². The van der Waals surface area contributed by atoms with Crippen LogP contribution in [-0.2, 0) is 27.3 Å². The zero-order chi connectivity index (χ0) is 23.1. The number of amides is 2. The van der Waals surface area contributed by atoms with Gasteiger partial charge in [0.2, 0.25) is 11.8 Å². The molecule has 170 valence electrons. The Morgan fingerprint density at radius 1 is 1.19 bits per heavy atom. The van der Waals surface area contributed by atoms with Gasteiger partial charge in [0.25, 0.3) is 0 Å². The van der Waals surface area contributed by atoms with Crippen molar-refractivity contribution >= 4 is 40.3 Å². The van der Waals surface area contributed by atoms with Crippen molar-refractivity contribution in [2.75, 3.05) is 32.6 Å². The summed E-state index contributed by atoms with van der Waals surface area (Å²) in [6.45, 7) is 5.07. The van der Waals surface area contributed by atoms with Gasteiger partial charge in [-0.3, -0.25) is 9.59 Å². The van der Waals surface area contributed by atoms with Gasteiger partial charge in [0, 0.05) is 26.4 Å². The lowest BCUT2D eigenvalue weighted by molar-refractivity contribution is -0.132. The number of methoxy groups -OCH3 is 1. The van der Waals surface area contributed by atoms with Gasteiger partial charge in [0.15, 0.2) is 5.16 Å². The number of hydrogen-bond donors (Lipinski definition) is 1. The predicted molar refractivity (Wildman–Crippen MR) is 129 cm³/mol. The maximum Gasteiger partial charge on any atom is 0.243 e. The van der Waals surface area contributed by atoms with Gasteiger partial charge >= 0.3 is 0 Å². The number of anilines is 1. The fourth-order valence-corrected chi connectivity index (χ4v) is 4.56. The molecule has 2 aromatic carbocycles. The van der Waals surface area contributed by atoms with Crippen LogP contribution in [0.1, 0.15) is 19.4 Å². The Morgan fingerprint density at radius 3 is 2.66 bits per heavy atom. The molecule has 32 heavy (non-hydrogen) atoms. The smallest absolute Gasteiger partial charge is 0.243 e. The summed E-state index contributed by atoms with van der Waals surface area (Å²) in [7, 11) is 3.32. The van der Waals surface area contributed by atoms with Gasteiger partial charge in [-0.05, 0) is 37.1 Å². The molecule has 0 fully saturated rings. The van der Waals surface area contributed by atoms with E-state index in [9.17, 15) is 9.59 Å². The van der Waals surface area contributed by atoms with Crippen LogP contribution in [0.5, 0.6) is 0 Å². The summed E-state index contributed by atoms with van der Waals surface area (Å²) in [5, 5.41) is 3.28. The molecule has 8 heteroatoms. The van der Waals surface area contributed by atoms with E-state index in [-0.39, 0.29) is 18.4 Å². The summed E-state index contributed by atoms with van der Waals surface area (Å²) in [4.78, 5) is 31.7. The minimum Gasteiger partial charge on any atom is -0.383 e. The van der Waals surface area contributed by atoms with E-state index in [1.54, 1.807) is 14.2 Å². The second kappa shape index (κ2) is 11.2. The van der Waals surface area contributed by atoms with E-state index in [4.69, 9.17) is 9.72 Å². The number of aromatic nitrogens is 2. The number of benzene rings is 2. The highest BCUT2D eigenvalue weighted by Crippen LogP contribution is 2.28. The molecule has 7 nitrogen and oxygen atoms in total. The molecule has 0 saturated carbocycles. The number of carbonyl (C=O) groups excluding carboxylic acids is 2. The van der Waals surface area contributed by atoms with Crippen molar-refractivity contribution in [3.63, 3.8) is 0 Å². The molecule has 0 aliphatic heterocycles. The lowest BCUT2D eigenvalue weighted by Gasteiger charge is -2.21. The summed E-state index contributed by atoms with van der Waals surface area (Å²) in [6, 6.07) is 15.6. The van der Waals surface area contributed by atoms with Crippen LogP contribution in [0.3, 0.4) is 0 Å². The van der Waals surface area contributed by atoms with E-state index in [0.717, 1.165) is 33.9 Å². The number of nitrogens with zero attached hydrogens (tertiary/aromatic N) is 3. The number of carbonyl (C=O) groups is 2. The van der Waals surface area contributed by atoms with E-state index >= 15 is 0 Å². The average molecular weight is 455 g/mol. The Kier molecular flexibility index (Phi) is 8.30. The van der Waals surface area contributed by atoms with Crippen molar-refractivity contribution in [2.45, 2.75) is 37.2 Å². The molecule has 0 aliphatic carbocycles. The average Bonchev–Trinajstić information content (AvgIpc) is 3.14. The molecule has 1 heterocycles. The van der Waals surface area contributed by atoms with Crippen molar-refractivity contribution in [3.8, 4) is 0 Å². The lowest BCUT2D eigenvalue weighted by atomic mass is 10.1. The van der Waals surface area contributed by atoms with Crippen molar-refractivity contribution in [1.82, 2.24) is 14.5 Å². The topological polar surface area (TPSA) is 76.5 Å². The van der Waals surface area contributed by atoms with Crippen LogP contribution in [0.15, 0.2) is 53.7 Å². The molecule has 0 radical (unpaired) electrons. The molecule has 1 unspecified atom stereocenters. The van der Waals surface area contributed by atoms with Crippen LogP contribution in [0, 0.1) is 0 Å². The molecule has 1 atom stereocenters. The highest BCUT2D eigenvalue weighted by molar-refractivity contribution is 8.00. The normalized spacial score (nSPS) is 12.0. The van der Waals surface area contributed by atoms with Gasteiger partial charge in [0.1, 0.15) is 0 Å². The number of fused-ring (bicyclic) bond motifs is 1. The fourth-order valence-electron chi connectivity index (χ4n) is 3.49. The summed E-state index contributed by atoms with van der Waals surface area (Å²) in [5.74, 6) is -0.342. The number of rotatable bonds is 10. The maximum absolute atomic E-state index is 13.0. The molecule has 0 spiro atoms. The largest absolute Gasteiger partial charge is 0.383 e. The van der Waals surface area contributed by atoms with Gasteiger partial charge in [-0.15, -0.1) is 0 Å². The van der Waals surface area contributed by atoms with E-state index in [1.165, 1.54) is 16.7 Å². The predicted octanol–water partition coefficient (Wildman–Crippen LogP) is 3.82. The molecule has 0 aliphatic rings. The van der Waals surface area contributed by atoms with Crippen LogP contribution < -0.4 is 5.32 Å². The van der Waals surface area contributed by atoms with Gasteiger partial charge in [-0.2, -0.15) is 0 Å². The standard InChI is InChI=1S/C24H30N4O3S/c1-5-18-10-6-7-11-19(18)25-22(29)16-27(3)23(30)17(2)32-24-26-20-12-8-9-13-21(20)28(24)14-15-31-4/h6-13,17H,5,14-16H2,1-4H3,(H,25,29). The molecule has 0 saturated heterocycles. The van der Waals surface area contributed by atoms with E-state index in [0.29, 0.717) is 13.2 Å². The second-order valence-corrected chi connectivity index (χ2v) is 8.85. The Balaban J connectivity index is 1.65. The first kappa shape index (κ1) is 23.8. The zero-order valence-electron chi connectivity index (χ0n) is 19.0. The number of hydrogen-bond acceptors (Lipinski definition) is 5. The van der Waals surface area contributed by atoms with E-state index < -0.39 is 5.25 Å². The molecule has 3 rings (SSSR count). The van der Waals surface area contributed by atoms with Crippen LogP contribution in [-0.4, -0.2) is 58.8 Å². The highest BCUT2D eigenvalue weighted by Gasteiger charge is 2.23. The number of likely N-dealkylation sites (N-methyl/N-ethyl adjacent to an activating group) is 1. The van der Waals surface area contributed by atoms with Gasteiger partial charge in [-0.1, -0.05) is 49.0 Å². The van der Waals surface area contributed by atoms with Crippen LogP contribution in [0.25, 0.3) is 11.0 Å². The third kappa shape index (κ3) is 5.69.